The average molecular weight is 347 g/mol. The van der Waals surface area contributed by atoms with Crippen molar-refractivity contribution in [2.45, 2.75) is 32.7 Å². The quantitative estimate of drug-likeness (QED) is 0.726. The number of benzene rings is 1. The molecule has 132 valence electrons. The van der Waals surface area contributed by atoms with Crippen molar-refractivity contribution in [1.29, 1.82) is 0 Å². The van der Waals surface area contributed by atoms with E-state index in [1.807, 2.05) is 31.2 Å². The van der Waals surface area contributed by atoms with Gasteiger partial charge in [0.2, 0.25) is 0 Å². The zero-order valence-electron chi connectivity index (χ0n) is 14.9. The molecule has 0 N–H and O–H groups in total. The molecule has 6 nitrogen and oxygen atoms in total. The van der Waals surface area contributed by atoms with Gasteiger partial charge in [0.25, 0.3) is 5.56 Å². The lowest BCUT2D eigenvalue weighted by molar-refractivity contribution is 0.331. The maximum Gasteiger partial charge on any atom is 0.267 e. The van der Waals surface area contributed by atoms with Crippen LogP contribution in [0, 0.1) is 12.8 Å². The Kier molecular flexibility index (Phi) is 3.51. The molecule has 0 unspecified atom stereocenters. The Labute approximate surface area is 151 Å². The summed E-state index contributed by atoms with van der Waals surface area (Å²) in [6, 6.07) is 9.74. The average Bonchev–Trinajstić information content (AvgIpc) is 3.04. The highest BCUT2D eigenvalue weighted by molar-refractivity contribution is 5.76. The minimum atomic E-state index is 0.0331. The van der Waals surface area contributed by atoms with Gasteiger partial charge in [-0.2, -0.15) is 5.10 Å². The molecule has 3 heterocycles. The summed E-state index contributed by atoms with van der Waals surface area (Å²) in [6.45, 7) is 4.47. The number of rotatable bonds is 3. The second-order valence-corrected chi connectivity index (χ2v) is 7.38. The monoisotopic (exact) mass is 347 g/mol. The second kappa shape index (κ2) is 5.90. The lowest BCUT2D eigenvalue weighted by Crippen LogP contribution is -2.50. The zero-order valence-corrected chi connectivity index (χ0v) is 14.9. The molecule has 1 fully saturated rings. The van der Waals surface area contributed by atoms with Crippen LogP contribution in [0.2, 0.25) is 0 Å². The third-order valence-corrected chi connectivity index (χ3v) is 5.43. The molecule has 1 saturated heterocycles. The molecule has 1 aromatic carbocycles. The number of anilines is 1. The van der Waals surface area contributed by atoms with Gasteiger partial charge in [-0.25, -0.2) is 14.6 Å². The van der Waals surface area contributed by atoms with Gasteiger partial charge in [0, 0.05) is 25.1 Å². The van der Waals surface area contributed by atoms with E-state index >= 15 is 0 Å². The van der Waals surface area contributed by atoms with Crippen LogP contribution in [0.1, 0.15) is 23.4 Å². The van der Waals surface area contributed by atoms with Crippen LogP contribution in [0.4, 0.5) is 5.82 Å². The van der Waals surface area contributed by atoms with E-state index in [2.05, 4.69) is 15.0 Å². The topological polar surface area (TPSA) is 63.9 Å². The summed E-state index contributed by atoms with van der Waals surface area (Å²) in [7, 11) is 0. The van der Waals surface area contributed by atoms with Crippen molar-refractivity contribution in [1.82, 2.24) is 19.7 Å². The molecule has 0 radical (unpaired) electrons. The van der Waals surface area contributed by atoms with Gasteiger partial charge in [-0.15, -0.1) is 0 Å². The van der Waals surface area contributed by atoms with E-state index < -0.39 is 0 Å². The number of fused-ring (bicyclic) bond motifs is 2. The van der Waals surface area contributed by atoms with Gasteiger partial charge in [-0.1, -0.05) is 12.1 Å². The van der Waals surface area contributed by atoms with E-state index in [0.717, 1.165) is 66.2 Å². The molecule has 0 bridgehead atoms. The first kappa shape index (κ1) is 15.5. The summed E-state index contributed by atoms with van der Waals surface area (Å²) >= 11 is 0. The van der Waals surface area contributed by atoms with Crippen molar-refractivity contribution in [2.75, 3.05) is 18.0 Å². The van der Waals surface area contributed by atoms with E-state index in [0.29, 0.717) is 12.5 Å². The first-order chi connectivity index (χ1) is 12.7. The molecule has 0 spiro atoms. The van der Waals surface area contributed by atoms with E-state index in [1.54, 1.807) is 10.7 Å². The summed E-state index contributed by atoms with van der Waals surface area (Å²) in [4.78, 5) is 24.0. The smallest absolute Gasteiger partial charge is 0.267 e. The van der Waals surface area contributed by atoms with Gasteiger partial charge in [-0.05, 0) is 43.9 Å². The van der Waals surface area contributed by atoms with Crippen molar-refractivity contribution in [2.24, 2.45) is 5.92 Å². The molecule has 2 aliphatic rings. The summed E-state index contributed by atoms with van der Waals surface area (Å²) in [5, 5.41) is 4.59. The molecule has 5 rings (SSSR count). The molecule has 3 aromatic rings. The number of para-hydroxylation sites is 2. The minimum absolute atomic E-state index is 0.0331. The largest absolute Gasteiger partial charge is 0.354 e. The van der Waals surface area contributed by atoms with Gasteiger partial charge in [-0.3, -0.25) is 4.79 Å². The van der Waals surface area contributed by atoms with E-state index in [4.69, 9.17) is 4.98 Å². The molecule has 0 atom stereocenters. The Morgan fingerprint density at radius 2 is 1.88 bits per heavy atom. The molecular weight excluding hydrogens is 326 g/mol. The third kappa shape index (κ3) is 2.57. The van der Waals surface area contributed by atoms with Crippen LogP contribution in [0.25, 0.3) is 11.0 Å². The first-order valence-electron chi connectivity index (χ1n) is 9.25. The maximum absolute atomic E-state index is 12.3. The summed E-state index contributed by atoms with van der Waals surface area (Å²) in [6.07, 6.45) is 3.11. The highest BCUT2D eigenvalue weighted by atomic mass is 16.1. The number of hydrogen-bond donors (Lipinski definition) is 0. The summed E-state index contributed by atoms with van der Waals surface area (Å²) in [5.74, 6) is 1.38. The van der Waals surface area contributed by atoms with Crippen molar-refractivity contribution in [3.05, 3.63) is 57.6 Å². The predicted octanol–water partition coefficient (Wildman–Crippen LogP) is 2.12. The third-order valence-electron chi connectivity index (χ3n) is 5.43. The van der Waals surface area contributed by atoms with Gasteiger partial charge in [0.05, 0.1) is 29.0 Å². The van der Waals surface area contributed by atoms with Crippen LogP contribution >= 0.6 is 0 Å². The van der Waals surface area contributed by atoms with Crippen molar-refractivity contribution >= 4 is 16.9 Å². The van der Waals surface area contributed by atoms with Crippen LogP contribution in [0.5, 0.6) is 0 Å². The number of nitrogens with zero attached hydrogens (tertiary/aromatic N) is 5. The molecule has 1 aliphatic heterocycles. The highest BCUT2D eigenvalue weighted by Gasteiger charge is 2.30. The van der Waals surface area contributed by atoms with Gasteiger partial charge < -0.3 is 4.90 Å². The SMILES string of the molecule is Cc1nc2ccccc2nc1N1CC(Cn2nc3c(cc2=O)CCC3)C1. The van der Waals surface area contributed by atoms with Crippen molar-refractivity contribution < 1.29 is 0 Å². The standard InChI is InChI=1S/C20H21N5O/c1-13-20(22-18-7-3-2-6-17(18)21-13)24-10-14(11-24)12-25-19(26)9-15-5-4-8-16(15)23-25/h2-3,6-7,9,14H,4-5,8,10-12H2,1H3. The van der Waals surface area contributed by atoms with Crippen LogP contribution in [-0.2, 0) is 19.4 Å². The molecule has 26 heavy (non-hydrogen) atoms. The Bertz CT molecular complexity index is 1050. The highest BCUT2D eigenvalue weighted by Crippen LogP contribution is 2.27. The first-order valence-corrected chi connectivity index (χ1v) is 9.25. The van der Waals surface area contributed by atoms with Crippen molar-refractivity contribution in [3.63, 3.8) is 0 Å². The van der Waals surface area contributed by atoms with Crippen LogP contribution in [-0.4, -0.2) is 32.8 Å². The summed E-state index contributed by atoms with van der Waals surface area (Å²) in [5.41, 5.74) is 5.09. The minimum Gasteiger partial charge on any atom is -0.354 e. The molecule has 0 saturated carbocycles. The van der Waals surface area contributed by atoms with E-state index in [1.165, 1.54) is 0 Å². The number of aryl methyl sites for hydroxylation is 3. The van der Waals surface area contributed by atoms with E-state index in [-0.39, 0.29) is 5.56 Å². The van der Waals surface area contributed by atoms with E-state index in [9.17, 15) is 4.79 Å². The van der Waals surface area contributed by atoms with Gasteiger partial charge in [0.1, 0.15) is 0 Å². The molecule has 1 aliphatic carbocycles. The van der Waals surface area contributed by atoms with Crippen LogP contribution < -0.4 is 10.5 Å². The fraction of sp³-hybridized carbons (Fsp3) is 0.400. The fourth-order valence-electron chi connectivity index (χ4n) is 4.05. The van der Waals surface area contributed by atoms with Crippen molar-refractivity contribution in [3.8, 4) is 0 Å². The Morgan fingerprint density at radius 1 is 1.12 bits per heavy atom. The maximum atomic E-state index is 12.3. The summed E-state index contributed by atoms with van der Waals surface area (Å²) < 4.78 is 1.66. The van der Waals surface area contributed by atoms with Crippen LogP contribution in [0.3, 0.4) is 0 Å². The predicted molar refractivity (Wildman–Crippen MR) is 101 cm³/mol. The molecular formula is C20H21N5O. The number of hydrogen-bond acceptors (Lipinski definition) is 5. The van der Waals surface area contributed by atoms with Crippen LogP contribution in [0.15, 0.2) is 35.1 Å². The second-order valence-electron chi connectivity index (χ2n) is 7.38. The van der Waals surface area contributed by atoms with Gasteiger partial charge >= 0.3 is 0 Å². The normalized spacial score (nSPS) is 16.7. The molecule has 0 amide bonds. The fourth-order valence-corrected chi connectivity index (χ4v) is 4.05. The molecule has 2 aromatic heterocycles. The zero-order chi connectivity index (χ0) is 17.7. The lowest BCUT2D eigenvalue weighted by Gasteiger charge is -2.40. The Balaban J connectivity index is 1.32. The lowest BCUT2D eigenvalue weighted by atomic mass is 10.00. The Hall–Kier alpha value is -2.76. The molecule has 6 heteroatoms. The Morgan fingerprint density at radius 3 is 2.69 bits per heavy atom. The number of aromatic nitrogens is 4. The van der Waals surface area contributed by atoms with Gasteiger partial charge in [0.15, 0.2) is 5.82 Å².